The van der Waals surface area contributed by atoms with Crippen LogP contribution in [0.1, 0.15) is 29.5 Å². The van der Waals surface area contributed by atoms with Crippen LogP contribution in [0.3, 0.4) is 0 Å². The van der Waals surface area contributed by atoms with Crippen molar-refractivity contribution in [2.24, 2.45) is 0 Å². The first-order chi connectivity index (χ1) is 13.2. The van der Waals surface area contributed by atoms with Gasteiger partial charge in [0.05, 0.1) is 30.0 Å². The van der Waals surface area contributed by atoms with Crippen molar-refractivity contribution in [1.29, 1.82) is 0 Å². The third-order valence-electron chi connectivity index (χ3n) is 4.84. The van der Waals surface area contributed by atoms with E-state index >= 15 is 0 Å². The van der Waals surface area contributed by atoms with Crippen molar-refractivity contribution in [2.75, 3.05) is 20.3 Å². The number of carbonyl (C=O) groups is 1. The van der Waals surface area contributed by atoms with E-state index in [0.29, 0.717) is 6.61 Å². The highest BCUT2D eigenvalue weighted by Crippen LogP contribution is 2.33. The third-order valence-corrected chi connectivity index (χ3v) is 5.85. The van der Waals surface area contributed by atoms with Crippen molar-refractivity contribution in [3.05, 3.63) is 59.1 Å². The number of likely N-dealkylation sites (tertiary alicyclic amines) is 1. The van der Waals surface area contributed by atoms with E-state index in [9.17, 15) is 4.79 Å². The minimum absolute atomic E-state index is 0.0291. The second-order valence-electron chi connectivity index (χ2n) is 6.59. The molecule has 3 aromatic rings. The normalized spacial score (nSPS) is 16.8. The molecule has 5 nitrogen and oxygen atoms in total. The molecule has 0 spiro atoms. The summed E-state index contributed by atoms with van der Waals surface area (Å²) in [7, 11) is 1.66. The van der Waals surface area contributed by atoms with Gasteiger partial charge in [0.15, 0.2) is 0 Å². The maximum Gasteiger partial charge on any atom is 0.249 e. The number of hydrogen-bond acceptors (Lipinski definition) is 5. The van der Waals surface area contributed by atoms with E-state index in [2.05, 4.69) is 11.1 Å². The lowest BCUT2D eigenvalue weighted by molar-refractivity contribution is -0.137. The van der Waals surface area contributed by atoms with Crippen LogP contribution in [0.15, 0.2) is 48.5 Å². The molecule has 0 N–H and O–H groups in total. The smallest absolute Gasteiger partial charge is 0.249 e. The molecule has 1 saturated heterocycles. The standard InChI is InChI=1S/C21H22N2O3S/c1-25-16-7-4-6-15(12-16)18-9-5-11-23(18)21(24)14-26-13-20-22-17-8-2-3-10-19(17)27-20/h2-4,6-8,10,12,18H,5,9,11,13-14H2,1H3/t18-/m0/s1. The number of hydrogen-bond donors (Lipinski definition) is 0. The van der Waals surface area contributed by atoms with Gasteiger partial charge in [-0.1, -0.05) is 24.3 Å². The van der Waals surface area contributed by atoms with Gasteiger partial charge in [-0.2, -0.15) is 0 Å². The average molecular weight is 382 g/mol. The first-order valence-electron chi connectivity index (χ1n) is 9.10. The second kappa shape index (κ2) is 8.06. The summed E-state index contributed by atoms with van der Waals surface area (Å²) in [5, 5.41) is 0.898. The highest BCUT2D eigenvalue weighted by molar-refractivity contribution is 7.18. The second-order valence-corrected chi connectivity index (χ2v) is 7.71. The number of carbonyl (C=O) groups excluding carboxylic acids is 1. The van der Waals surface area contributed by atoms with Crippen LogP contribution in [0.25, 0.3) is 10.2 Å². The number of para-hydroxylation sites is 1. The number of ether oxygens (including phenoxy) is 2. The summed E-state index contributed by atoms with van der Waals surface area (Å²) < 4.78 is 12.1. The Morgan fingerprint density at radius 1 is 1.26 bits per heavy atom. The van der Waals surface area contributed by atoms with Crippen molar-refractivity contribution in [2.45, 2.75) is 25.5 Å². The lowest BCUT2D eigenvalue weighted by atomic mass is 10.0. The Kier molecular flexibility index (Phi) is 5.36. The molecule has 1 aliphatic rings. The Bertz CT molecular complexity index is 907. The molecule has 0 unspecified atom stereocenters. The van der Waals surface area contributed by atoms with E-state index in [1.807, 2.05) is 47.4 Å². The van der Waals surface area contributed by atoms with Crippen LogP contribution >= 0.6 is 11.3 Å². The molecule has 1 fully saturated rings. The maximum absolute atomic E-state index is 12.7. The molecule has 1 aliphatic heterocycles. The lowest BCUT2D eigenvalue weighted by Gasteiger charge is -2.25. The minimum atomic E-state index is 0.0291. The number of benzene rings is 2. The molecule has 0 bridgehead atoms. The summed E-state index contributed by atoms with van der Waals surface area (Å²) in [5.41, 5.74) is 2.09. The van der Waals surface area contributed by atoms with E-state index in [0.717, 1.165) is 45.9 Å². The Labute approximate surface area is 162 Å². The van der Waals surface area contributed by atoms with Gasteiger partial charge < -0.3 is 14.4 Å². The number of thiazole rings is 1. The van der Waals surface area contributed by atoms with Gasteiger partial charge in [0, 0.05) is 6.54 Å². The molecular formula is C21H22N2O3S. The van der Waals surface area contributed by atoms with Crippen LogP contribution in [0.2, 0.25) is 0 Å². The highest BCUT2D eigenvalue weighted by Gasteiger charge is 2.30. The highest BCUT2D eigenvalue weighted by atomic mass is 32.1. The average Bonchev–Trinajstić information content (AvgIpc) is 3.34. The zero-order valence-corrected chi connectivity index (χ0v) is 16.1. The molecule has 1 amide bonds. The summed E-state index contributed by atoms with van der Waals surface area (Å²) in [6.45, 7) is 1.21. The van der Waals surface area contributed by atoms with Crippen molar-refractivity contribution < 1.29 is 14.3 Å². The maximum atomic E-state index is 12.7. The molecule has 1 aromatic heterocycles. The van der Waals surface area contributed by atoms with Crippen LogP contribution < -0.4 is 4.74 Å². The van der Waals surface area contributed by atoms with E-state index in [4.69, 9.17) is 9.47 Å². The first kappa shape index (κ1) is 17.9. The molecule has 0 radical (unpaired) electrons. The van der Waals surface area contributed by atoms with E-state index in [1.165, 1.54) is 0 Å². The molecule has 140 valence electrons. The lowest BCUT2D eigenvalue weighted by Crippen LogP contribution is -2.33. The van der Waals surface area contributed by atoms with E-state index < -0.39 is 0 Å². The van der Waals surface area contributed by atoms with Gasteiger partial charge in [-0.05, 0) is 42.7 Å². The summed E-state index contributed by atoms with van der Waals surface area (Å²) in [6, 6.07) is 16.1. The van der Waals surface area contributed by atoms with Gasteiger partial charge in [-0.3, -0.25) is 4.79 Å². The van der Waals surface area contributed by atoms with Crippen molar-refractivity contribution >= 4 is 27.5 Å². The Morgan fingerprint density at radius 3 is 3.00 bits per heavy atom. The molecule has 2 heterocycles. The number of nitrogens with zero attached hydrogens (tertiary/aromatic N) is 2. The fraction of sp³-hybridized carbons (Fsp3) is 0.333. The van der Waals surface area contributed by atoms with E-state index in [-0.39, 0.29) is 18.6 Å². The first-order valence-corrected chi connectivity index (χ1v) is 9.92. The van der Waals surface area contributed by atoms with Crippen molar-refractivity contribution in [1.82, 2.24) is 9.88 Å². The number of amides is 1. The summed E-state index contributed by atoms with van der Waals surface area (Å²) in [4.78, 5) is 19.2. The van der Waals surface area contributed by atoms with Gasteiger partial charge in [0.1, 0.15) is 17.4 Å². The van der Waals surface area contributed by atoms with Crippen LogP contribution in [0, 0.1) is 0 Å². The summed E-state index contributed by atoms with van der Waals surface area (Å²) >= 11 is 1.61. The minimum Gasteiger partial charge on any atom is -0.497 e. The van der Waals surface area contributed by atoms with Crippen LogP contribution in [0.5, 0.6) is 5.75 Å². The summed E-state index contributed by atoms with van der Waals surface area (Å²) in [5.74, 6) is 0.848. The number of fused-ring (bicyclic) bond motifs is 1. The fourth-order valence-electron chi connectivity index (χ4n) is 3.55. The number of rotatable bonds is 6. The third kappa shape index (κ3) is 3.96. The van der Waals surface area contributed by atoms with Crippen LogP contribution in [-0.2, 0) is 16.1 Å². The quantitative estimate of drug-likeness (QED) is 0.642. The SMILES string of the molecule is COc1cccc([C@@H]2CCCN2C(=O)COCc2nc3ccccc3s2)c1. The van der Waals surface area contributed by atoms with Gasteiger partial charge in [0.2, 0.25) is 5.91 Å². The monoisotopic (exact) mass is 382 g/mol. The molecule has 27 heavy (non-hydrogen) atoms. The Morgan fingerprint density at radius 2 is 2.15 bits per heavy atom. The molecule has 6 heteroatoms. The largest absolute Gasteiger partial charge is 0.497 e. The molecular weight excluding hydrogens is 360 g/mol. The number of methoxy groups -OCH3 is 1. The molecule has 0 saturated carbocycles. The predicted octanol–water partition coefficient (Wildman–Crippen LogP) is 4.19. The molecule has 0 aliphatic carbocycles. The zero-order chi connectivity index (χ0) is 18.6. The van der Waals surface area contributed by atoms with Gasteiger partial charge in [-0.25, -0.2) is 4.98 Å². The zero-order valence-electron chi connectivity index (χ0n) is 15.3. The topological polar surface area (TPSA) is 51.7 Å². The fourth-order valence-corrected chi connectivity index (χ4v) is 4.46. The Hall–Kier alpha value is -2.44. The molecule has 1 atom stereocenters. The van der Waals surface area contributed by atoms with Crippen molar-refractivity contribution in [3.8, 4) is 5.75 Å². The predicted molar refractivity (Wildman–Crippen MR) is 106 cm³/mol. The van der Waals surface area contributed by atoms with Crippen LogP contribution in [-0.4, -0.2) is 36.1 Å². The van der Waals surface area contributed by atoms with Gasteiger partial charge >= 0.3 is 0 Å². The van der Waals surface area contributed by atoms with E-state index in [1.54, 1.807) is 18.4 Å². The Balaban J connectivity index is 1.36. The van der Waals surface area contributed by atoms with Crippen LogP contribution in [0.4, 0.5) is 0 Å². The molecule has 4 rings (SSSR count). The van der Waals surface area contributed by atoms with Gasteiger partial charge in [0.25, 0.3) is 0 Å². The molecule has 2 aromatic carbocycles. The summed E-state index contributed by atoms with van der Waals surface area (Å²) in [6.07, 6.45) is 1.97. The van der Waals surface area contributed by atoms with Crippen molar-refractivity contribution in [3.63, 3.8) is 0 Å². The number of aromatic nitrogens is 1. The van der Waals surface area contributed by atoms with Gasteiger partial charge in [-0.15, -0.1) is 11.3 Å².